The maximum Gasteiger partial charge on any atom is 0.360 e. The Labute approximate surface area is 185 Å². The molecule has 0 spiro atoms. The quantitative estimate of drug-likeness (QED) is 0.304. The lowest BCUT2D eigenvalue weighted by atomic mass is 10.0. The van der Waals surface area contributed by atoms with Gasteiger partial charge in [-0.15, -0.1) is 0 Å². The van der Waals surface area contributed by atoms with Crippen molar-refractivity contribution in [2.24, 2.45) is 5.16 Å². The SMILES string of the molecule is CON=C(C(=O)OC)c1ccccc1COc1cc(Cl)c(OC2CCCC2)c(Cl)c1. The number of oxime groups is 1. The molecule has 1 fully saturated rings. The molecular weight excluding hydrogens is 429 g/mol. The van der Waals surface area contributed by atoms with E-state index < -0.39 is 5.97 Å². The molecule has 0 radical (unpaired) electrons. The molecule has 0 aromatic heterocycles. The van der Waals surface area contributed by atoms with E-state index in [9.17, 15) is 4.79 Å². The Balaban J connectivity index is 1.77. The molecule has 3 rings (SSSR count). The molecule has 0 atom stereocenters. The number of methoxy groups -OCH3 is 1. The van der Waals surface area contributed by atoms with Crippen LogP contribution < -0.4 is 9.47 Å². The monoisotopic (exact) mass is 451 g/mol. The molecule has 0 saturated heterocycles. The number of hydrogen-bond donors (Lipinski definition) is 0. The van der Waals surface area contributed by atoms with E-state index in [0.717, 1.165) is 31.2 Å². The average molecular weight is 452 g/mol. The summed E-state index contributed by atoms with van der Waals surface area (Å²) < 4.78 is 16.7. The van der Waals surface area contributed by atoms with Crippen molar-refractivity contribution in [2.45, 2.75) is 38.4 Å². The highest BCUT2D eigenvalue weighted by molar-refractivity contribution is 6.43. The summed E-state index contributed by atoms with van der Waals surface area (Å²) in [6.45, 7) is 0.158. The fraction of sp³-hybridized carbons (Fsp3) is 0.364. The highest BCUT2D eigenvalue weighted by atomic mass is 35.5. The van der Waals surface area contributed by atoms with E-state index in [-0.39, 0.29) is 18.4 Å². The predicted molar refractivity (Wildman–Crippen MR) is 116 cm³/mol. The third-order valence-corrected chi connectivity index (χ3v) is 5.35. The number of nitrogens with zero attached hydrogens (tertiary/aromatic N) is 1. The van der Waals surface area contributed by atoms with Gasteiger partial charge in [0.05, 0.1) is 23.3 Å². The van der Waals surface area contributed by atoms with Crippen LogP contribution in [0.5, 0.6) is 11.5 Å². The molecule has 0 bridgehead atoms. The summed E-state index contributed by atoms with van der Waals surface area (Å²) >= 11 is 12.8. The number of esters is 1. The number of ether oxygens (including phenoxy) is 3. The molecular formula is C22H23Cl2NO5. The zero-order valence-electron chi connectivity index (χ0n) is 16.8. The minimum Gasteiger partial charge on any atom is -0.489 e. The van der Waals surface area contributed by atoms with Crippen molar-refractivity contribution in [1.29, 1.82) is 0 Å². The van der Waals surface area contributed by atoms with Crippen molar-refractivity contribution in [1.82, 2.24) is 0 Å². The molecule has 2 aromatic rings. The van der Waals surface area contributed by atoms with Crippen molar-refractivity contribution in [3.8, 4) is 11.5 Å². The van der Waals surface area contributed by atoms with Crippen LogP contribution in [0.3, 0.4) is 0 Å². The number of hydrogen-bond acceptors (Lipinski definition) is 6. The summed E-state index contributed by atoms with van der Waals surface area (Å²) in [5, 5.41) is 4.59. The Kier molecular flexibility index (Phi) is 7.82. The lowest BCUT2D eigenvalue weighted by molar-refractivity contribution is -0.132. The molecule has 0 aliphatic heterocycles. The van der Waals surface area contributed by atoms with Crippen molar-refractivity contribution in [2.75, 3.05) is 14.2 Å². The van der Waals surface area contributed by atoms with Gasteiger partial charge in [-0.05, 0) is 31.2 Å². The molecule has 30 heavy (non-hydrogen) atoms. The first-order valence-electron chi connectivity index (χ1n) is 9.59. The maximum atomic E-state index is 12.1. The standard InChI is InChI=1S/C22H23Cl2NO5/c1-27-22(26)20(25-28-2)17-10-6-3-7-14(17)13-29-16-11-18(23)21(19(24)12-16)30-15-8-4-5-9-15/h3,6-7,10-12,15H,4-5,8-9,13H2,1-2H3. The number of carbonyl (C=O) groups is 1. The first-order valence-corrected chi connectivity index (χ1v) is 10.3. The van der Waals surface area contributed by atoms with Gasteiger partial charge in [-0.1, -0.05) is 52.6 Å². The van der Waals surface area contributed by atoms with Crippen LogP contribution in [0.25, 0.3) is 0 Å². The van der Waals surface area contributed by atoms with Crippen molar-refractivity contribution < 1.29 is 23.8 Å². The van der Waals surface area contributed by atoms with Crippen molar-refractivity contribution >= 4 is 34.9 Å². The van der Waals surface area contributed by atoms with Crippen LogP contribution in [-0.4, -0.2) is 32.0 Å². The van der Waals surface area contributed by atoms with Gasteiger partial charge in [-0.3, -0.25) is 0 Å². The predicted octanol–water partition coefficient (Wildman–Crippen LogP) is 5.42. The number of rotatable bonds is 8. The molecule has 0 amide bonds. The summed E-state index contributed by atoms with van der Waals surface area (Å²) in [4.78, 5) is 16.9. The topological polar surface area (TPSA) is 66.4 Å². The fourth-order valence-corrected chi connectivity index (χ4v) is 3.88. The summed E-state index contributed by atoms with van der Waals surface area (Å²) in [6.07, 6.45) is 4.47. The molecule has 1 saturated carbocycles. The third-order valence-electron chi connectivity index (χ3n) is 4.79. The Morgan fingerprint density at radius 2 is 1.77 bits per heavy atom. The minimum atomic E-state index is -0.608. The molecule has 0 unspecified atom stereocenters. The second-order valence-electron chi connectivity index (χ2n) is 6.80. The van der Waals surface area contributed by atoms with E-state index >= 15 is 0 Å². The van der Waals surface area contributed by atoms with Crippen LogP contribution in [0.1, 0.15) is 36.8 Å². The van der Waals surface area contributed by atoms with Crippen molar-refractivity contribution in [3.63, 3.8) is 0 Å². The van der Waals surface area contributed by atoms with E-state index in [1.165, 1.54) is 14.2 Å². The Hall–Kier alpha value is -2.44. The summed E-state index contributed by atoms with van der Waals surface area (Å²) in [5.41, 5.74) is 1.32. The van der Waals surface area contributed by atoms with Crippen LogP contribution in [0.2, 0.25) is 10.0 Å². The number of carbonyl (C=O) groups excluding carboxylic acids is 1. The van der Waals surface area contributed by atoms with Gasteiger partial charge < -0.3 is 19.0 Å². The number of benzene rings is 2. The molecule has 8 heteroatoms. The van der Waals surface area contributed by atoms with Gasteiger partial charge in [0.25, 0.3) is 0 Å². The van der Waals surface area contributed by atoms with Gasteiger partial charge in [0, 0.05) is 17.7 Å². The van der Waals surface area contributed by atoms with Gasteiger partial charge in [-0.2, -0.15) is 0 Å². The van der Waals surface area contributed by atoms with Gasteiger partial charge in [0.2, 0.25) is 0 Å². The van der Waals surface area contributed by atoms with Crippen LogP contribution >= 0.6 is 23.2 Å². The van der Waals surface area contributed by atoms with Crippen molar-refractivity contribution in [3.05, 3.63) is 57.6 Å². The van der Waals surface area contributed by atoms with Crippen LogP contribution in [0.4, 0.5) is 0 Å². The maximum absolute atomic E-state index is 12.1. The van der Waals surface area contributed by atoms with Gasteiger partial charge in [0.1, 0.15) is 19.5 Å². The highest BCUT2D eigenvalue weighted by Gasteiger charge is 2.21. The van der Waals surface area contributed by atoms with Crippen LogP contribution in [0, 0.1) is 0 Å². The van der Waals surface area contributed by atoms with Gasteiger partial charge in [0.15, 0.2) is 11.5 Å². The zero-order valence-corrected chi connectivity index (χ0v) is 18.3. The molecule has 160 valence electrons. The summed E-state index contributed by atoms with van der Waals surface area (Å²) in [6, 6.07) is 10.5. The second-order valence-corrected chi connectivity index (χ2v) is 7.61. The molecule has 6 nitrogen and oxygen atoms in total. The van der Waals surface area contributed by atoms with E-state index in [1.807, 2.05) is 12.1 Å². The fourth-order valence-electron chi connectivity index (χ4n) is 3.33. The highest BCUT2D eigenvalue weighted by Crippen LogP contribution is 2.39. The van der Waals surface area contributed by atoms with Crippen LogP contribution in [0.15, 0.2) is 41.6 Å². The Bertz CT molecular complexity index is 902. The Morgan fingerprint density at radius 3 is 2.40 bits per heavy atom. The Morgan fingerprint density at radius 1 is 1.10 bits per heavy atom. The van der Waals surface area contributed by atoms with Crippen LogP contribution in [-0.2, 0) is 21.0 Å². The first kappa shape index (κ1) is 22.2. The largest absolute Gasteiger partial charge is 0.489 e. The molecule has 0 N–H and O–H groups in total. The molecule has 2 aromatic carbocycles. The molecule has 0 heterocycles. The molecule has 1 aliphatic carbocycles. The third kappa shape index (κ3) is 5.37. The number of halogens is 2. The van der Waals surface area contributed by atoms with Gasteiger partial charge in [-0.25, -0.2) is 4.79 Å². The first-order chi connectivity index (χ1) is 14.5. The zero-order chi connectivity index (χ0) is 21.5. The normalized spacial score (nSPS) is 14.5. The van der Waals surface area contributed by atoms with E-state index in [1.54, 1.807) is 24.3 Å². The van der Waals surface area contributed by atoms with E-state index in [2.05, 4.69) is 5.16 Å². The smallest absolute Gasteiger partial charge is 0.360 e. The van der Waals surface area contributed by atoms with E-state index in [4.69, 9.17) is 42.3 Å². The van der Waals surface area contributed by atoms with E-state index in [0.29, 0.717) is 27.1 Å². The van der Waals surface area contributed by atoms with Gasteiger partial charge >= 0.3 is 5.97 Å². The second kappa shape index (κ2) is 10.5. The molecule has 1 aliphatic rings. The minimum absolute atomic E-state index is 0.0515. The lowest BCUT2D eigenvalue weighted by Gasteiger charge is -2.17. The lowest BCUT2D eigenvalue weighted by Crippen LogP contribution is -2.19. The average Bonchev–Trinajstić information content (AvgIpc) is 3.26. The summed E-state index contributed by atoms with van der Waals surface area (Å²) in [7, 11) is 2.65. The summed E-state index contributed by atoms with van der Waals surface area (Å²) in [5.74, 6) is 0.365.